The van der Waals surface area contributed by atoms with Crippen LogP contribution >= 0.6 is 11.6 Å². The lowest BCUT2D eigenvalue weighted by molar-refractivity contribution is -0.138. The Bertz CT molecular complexity index is 1150. The highest BCUT2D eigenvalue weighted by atomic mass is 35.5. The number of anilines is 2. The van der Waals surface area contributed by atoms with Crippen molar-refractivity contribution in [2.75, 3.05) is 32.6 Å². The summed E-state index contributed by atoms with van der Waals surface area (Å²) in [6.07, 6.45) is 2.05. The number of carbonyl (C=O) groups excluding carboxylic acids is 1. The monoisotopic (exact) mass is 474 g/mol. The SMILES string of the molecule is COc1cc2c(Nc3ccc(Cl)cc3F)ncnc2cc1OCCCN(C)C(=O)C(C)(C)C. The van der Waals surface area contributed by atoms with Gasteiger partial charge >= 0.3 is 0 Å². The van der Waals surface area contributed by atoms with Gasteiger partial charge in [-0.15, -0.1) is 0 Å². The van der Waals surface area contributed by atoms with Crippen molar-refractivity contribution >= 4 is 39.9 Å². The molecule has 0 saturated carbocycles. The normalized spacial score (nSPS) is 11.4. The van der Waals surface area contributed by atoms with Crippen LogP contribution in [0.3, 0.4) is 0 Å². The molecule has 2 aromatic carbocycles. The standard InChI is InChI=1S/C24H28ClFN4O3/c1-24(2,3)23(31)30(4)9-6-10-33-21-13-19-16(12-20(21)32-5)22(28-14-27-19)29-18-8-7-15(25)11-17(18)26/h7-8,11-14H,6,9-10H2,1-5H3,(H,27,28,29). The number of halogens is 2. The van der Waals surface area contributed by atoms with Gasteiger partial charge < -0.3 is 19.7 Å². The van der Waals surface area contributed by atoms with Gasteiger partial charge in [-0.05, 0) is 30.7 Å². The van der Waals surface area contributed by atoms with Crippen LogP contribution in [0.1, 0.15) is 27.2 Å². The molecule has 0 bridgehead atoms. The maximum atomic E-state index is 14.2. The molecule has 1 heterocycles. The molecule has 0 aliphatic rings. The number of amides is 1. The molecule has 3 rings (SSSR count). The van der Waals surface area contributed by atoms with E-state index in [1.807, 2.05) is 20.8 Å². The number of hydrogen-bond acceptors (Lipinski definition) is 6. The smallest absolute Gasteiger partial charge is 0.227 e. The van der Waals surface area contributed by atoms with E-state index in [9.17, 15) is 9.18 Å². The molecule has 33 heavy (non-hydrogen) atoms. The Morgan fingerprint density at radius 1 is 1.18 bits per heavy atom. The molecule has 0 aliphatic heterocycles. The third kappa shape index (κ3) is 6.01. The fraction of sp³-hybridized carbons (Fsp3) is 0.375. The van der Waals surface area contributed by atoms with E-state index in [1.54, 1.807) is 43.3 Å². The van der Waals surface area contributed by atoms with E-state index < -0.39 is 11.2 Å². The van der Waals surface area contributed by atoms with Crippen molar-refractivity contribution in [3.05, 3.63) is 47.5 Å². The number of nitrogens with one attached hydrogen (secondary N) is 1. The second-order valence-electron chi connectivity index (χ2n) is 8.67. The summed E-state index contributed by atoms with van der Waals surface area (Å²) in [6, 6.07) is 7.86. The topological polar surface area (TPSA) is 76.6 Å². The minimum Gasteiger partial charge on any atom is -0.493 e. The maximum Gasteiger partial charge on any atom is 0.227 e. The van der Waals surface area contributed by atoms with Crippen molar-refractivity contribution in [3.63, 3.8) is 0 Å². The first kappa shape index (κ1) is 24.5. The first-order valence-electron chi connectivity index (χ1n) is 10.5. The molecule has 0 radical (unpaired) electrons. The van der Waals surface area contributed by atoms with Gasteiger partial charge in [-0.25, -0.2) is 14.4 Å². The average Bonchev–Trinajstić information content (AvgIpc) is 2.76. The van der Waals surface area contributed by atoms with Gasteiger partial charge in [-0.1, -0.05) is 32.4 Å². The minimum atomic E-state index is -0.490. The third-order valence-electron chi connectivity index (χ3n) is 4.99. The van der Waals surface area contributed by atoms with Gasteiger partial charge in [-0.3, -0.25) is 4.79 Å². The number of benzene rings is 2. The Balaban J connectivity index is 1.75. The van der Waals surface area contributed by atoms with E-state index in [0.717, 1.165) is 0 Å². The van der Waals surface area contributed by atoms with Crippen LogP contribution in [0.4, 0.5) is 15.9 Å². The van der Waals surface area contributed by atoms with Crippen molar-refractivity contribution in [1.29, 1.82) is 0 Å². The summed E-state index contributed by atoms with van der Waals surface area (Å²) in [5.41, 5.74) is 0.433. The lowest BCUT2D eigenvalue weighted by Crippen LogP contribution is -2.37. The Hall–Kier alpha value is -3.13. The third-order valence-corrected chi connectivity index (χ3v) is 5.22. The number of aromatic nitrogens is 2. The van der Waals surface area contributed by atoms with Gasteiger partial charge in [0.05, 0.1) is 24.9 Å². The molecule has 9 heteroatoms. The second-order valence-corrected chi connectivity index (χ2v) is 9.11. The molecule has 0 spiro atoms. The maximum absolute atomic E-state index is 14.2. The van der Waals surface area contributed by atoms with Gasteiger partial charge in [-0.2, -0.15) is 0 Å². The molecule has 176 valence electrons. The number of ether oxygens (including phenoxy) is 2. The molecule has 7 nitrogen and oxygen atoms in total. The molecule has 1 aromatic heterocycles. The molecular formula is C24H28ClFN4O3. The highest BCUT2D eigenvalue weighted by molar-refractivity contribution is 6.30. The summed E-state index contributed by atoms with van der Waals surface area (Å²) in [5, 5.41) is 3.94. The van der Waals surface area contributed by atoms with Gasteiger partial charge in [0.25, 0.3) is 0 Å². The quantitative estimate of drug-likeness (QED) is 0.437. The predicted octanol–water partition coefficient (Wildman–Crippen LogP) is 5.45. The van der Waals surface area contributed by atoms with E-state index >= 15 is 0 Å². The molecule has 0 aliphatic carbocycles. The predicted molar refractivity (Wildman–Crippen MR) is 128 cm³/mol. The number of nitrogens with zero attached hydrogens (tertiary/aromatic N) is 3. The number of methoxy groups -OCH3 is 1. The highest BCUT2D eigenvalue weighted by Crippen LogP contribution is 2.35. The van der Waals surface area contributed by atoms with Crippen LogP contribution in [-0.4, -0.2) is 48.1 Å². The number of hydrogen-bond donors (Lipinski definition) is 1. The summed E-state index contributed by atoms with van der Waals surface area (Å²) in [5.74, 6) is 1.04. The molecule has 0 unspecified atom stereocenters. The van der Waals surface area contributed by atoms with Crippen LogP contribution in [0.2, 0.25) is 5.02 Å². The van der Waals surface area contributed by atoms with Crippen LogP contribution in [0.25, 0.3) is 10.9 Å². The summed E-state index contributed by atoms with van der Waals surface area (Å²) in [4.78, 5) is 22.6. The van der Waals surface area contributed by atoms with E-state index in [0.29, 0.717) is 52.8 Å². The fourth-order valence-corrected chi connectivity index (χ4v) is 3.47. The Kier molecular flexibility index (Phi) is 7.58. The van der Waals surface area contributed by atoms with Gasteiger partial charge in [0.2, 0.25) is 5.91 Å². The van der Waals surface area contributed by atoms with E-state index in [2.05, 4.69) is 15.3 Å². The lowest BCUT2D eigenvalue weighted by Gasteiger charge is -2.26. The summed E-state index contributed by atoms with van der Waals surface area (Å²) in [6.45, 7) is 6.67. The average molecular weight is 475 g/mol. The number of carbonyl (C=O) groups is 1. The highest BCUT2D eigenvalue weighted by Gasteiger charge is 2.24. The van der Waals surface area contributed by atoms with Crippen LogP contribution in [0, 0.1) is 11.2 Å². The van der Waals surface area contributed by atoms with Crippen LogP contribution < -0.4 is 14.8 Å². The zero-order valence-corrected chi connectivity index (χ0v) is 20.2. The number of fused-ring (bicyclic) bond motifs is 1. The Morgan fingerprint density at radius 3 is 2.61 bits per heavy atom. The molecule has 1 N–H and O–H groups in total. The largest absolute Gasteiger partial charge is 0.493 e. The van der Waals surface area contributed by atoms with Crippen molar-refractivity contribution in [2.45, 2.75) is 27.2 Å². The Morgan fingerprint density at radius 2 is 1.94 bits per heavy atom. The van der Waals surface area contributed by atoms with E-state index in [4.69, 9.17) is 21.1 Å². The summed E-state index contributed by atoms with van der Waals surface area (Å²) in [7, 11) is 3.33. The Labute approximate surface area is 197 Å². The van der Waals surface area contributed by atoms with Gasteiger partial charge in [0.15, 0.2) is 11.5 Å². The summed E-state index contributed by atoms with van der Waals surface area (Å²) < 4.78 is 25.6. The lowest BCUT2D eigenvalue weighted by atomic mass is 9.95. The van der Waals surface area contributed by atoms with Crippen molar-refractivity contribution in [3.8, 4) is 11.5 Å². The zero-order valence-electron chi connectivity index (χ0n) is 19.4. The first-order chi connectivity index (χ1) is 15.6. The van der Waals surface area contributed by atoms with Gasteiger partial charge in [0.1, 0.15) is 18.0 Å². The molecule has 0 saturated heterocycles. The molecule has 3 aromatic rings. The minimum absolute atomic E-state index is 0.0830. The molecule has 0 fully saturated rings. The van der Waals surface area contributed by atoms with Crippen molar-refractivity contribution in [2.24, 2.45) is 5.41 Å². The second kappa shape index (κ2) is 10.2. The number of rotatable bonds is 8. The first-order valence-corrected chi connectivity index (χ1v) is 10.9. The van der Waals surface area contributed by atoms with Crippen LogP contribution in [0.15, 0.2) is 36.7 Å². The molecular weight excluding hydrogens is 447 g/mol. The van der Waals surface area contributed by atoms with Crippen LogP contribution in [-0.2, 0) is 4.79 Å². The van der Waals surface area contributed by atoms with Crippen molar-refractivity contribution < 1.29 is 18.7 Å². The van der Waals surface area contributed by atoms with Crippen LogP contribution in [0.5, 0.6) is 11.5 Å². The van der Waals surface area contributed by atoms with E-state index in [1.165, 1.54) is 12.4 Å². The zero-order chi connectivity index (χ0) is 24.2. The van der Waals surface area contributed by atoms with E-state index in [-0.39, 0.29) is 11.6 Å². The van der Waals surface area contributed by atoms with Crippen molar-refractivity contribution in [1.82, 2.24) is 14.9 Å². The molecule has 1 amide bonds. The molecule has 0 atom stereocenters. The fourth-order valence-electron chi connectivity index (χ4n) is 3.31. The summed E-state index contributed by atoms with van der Waals surface area (Å²) >= 11 is 5.83. The van der Waals surface area contributed by atoms with Gasteiger partial charge in [0, 0.05) is 35.5 Å².